The Morgan fingerprint density at radius 3 is 2.65 bits per heavy atom. The molecule has 2 heterocycles. The van der Waals surface area contributed by atoms with Crippen molar-refractivity contribution >= 4 is 6.08 Å². The van der Waals surface area contributed by atoms with Gasteiger partial charge in [-0.3, -0.25) is 15.8 Å². The van der Waals surface area contributed by atoms with E-state index in [1.807, 2.05) is 24.3 Å². The number of nitrogens with one attached hydrogen (secondary N) is 2. The van der Waals surface area contributed by atoms with Crippen molar-refractivity contribution in [3.63, 3.8) is 0 Å². The Morgan fingerprint density at radius 2 is 1.84 bits per heavy atom. The summed E-state index contributed by atoms with van der Waals surface area (Å²) in [6, 6.07) is 19.4. The van der Waals surface area contributed by atoms with Crippen LogP contribution in [0.2, 0.25) is 0 Å². The van der Waals surface area contributed by atoms with Crippen LogP contribution in [-0.2, 0) is 0 Å². The van der Waals surface area contributed by atoms with Crippen molar-refractivity contribution in [3.05, 3.63) is 65.7 Å². The van der Waals surface area contributed by atoms with Gasteiger partial charge in [0.15, 0.2) is 11.5 Å². The molecular weight excluding hydrogens is 386 g/mol. The maximum atomic E-state index is 5.95. The molecule has 5 heteroatoms. The minimum absolute atomic E-state index is 0.452. The normalized spacial score (nSPS) is 24.5. The lowest BCUT2D eigenvalue weighted by atomic mass is 9.94. The van der Waals surface area contributed by atoms with Gasteiger partial charge in [0, 0.05) is 25.2 Å². The first kappa shape index (κ1) is 21.9. The van der Waals surface area contributed by atoms with Gasteiger partial charge in [0.05, 0.1) is 13.7 Å². The van der Waals surface area contributed by atoms with Crippen molar-refractivity contribution < 1.29 is 9.47 Å². The Morgan fingerprint density at radius 1 is 1.06 bits per heavy atom. The van der Waals surface area contributed by atoms with Crippen molar-refractivity contribution in [2.75, 3.05) is 33.4 Å². The molecule has 0 radical (unpaired) electrons. The summed E-state index contributed by atoms with van der Waals surface area (Å²) in [5, 5.41) is 0. The highest BCUT2D eigenvalue weighted by molar-refractivity contribution is 5.52. The fourth-order valence-corrected chi connectivity index (χ4v) is 4.77. The van der Waals surface area contributed by atoms with Crippen molar-refractivity contribution in [1.29, 1.82) is 0 Å². The van der Waals surface area contributed by atoms with Crippen molar-refractivity contribution in [3.8, 4) is 11.5 Å². The number of nitrogens with zero attached hydrogens (tertiary/aromatic N) is 1. The summed E-state index contributed by atoms with van der Waals surface area (Å²) in [5.74, 6) is 2.32. The number of hydrogen-bond acceptors (Lipinski definition) is 5. The molecule has 0 bridgehead atoms. The third-order valence-corrected chi connectivity index (χ3v) is 6.37. The van der Waals surface area contributed by atoms with Gasteiger partial charge < -0.3 is 9.47 Å². The van der Waals surface area contributed by atoms with Crippen LogP contribution in [0.15, 0.2) is 60.2 Å². The molecule has 0 spiro atoms. The van der Waals surface area contributed by atoms with Gasteiger partial charge in [-0.05, 0) is 56.3 Å². The molecular formula is C26H35N3O2. The number of hydrazine groups is 1. The third kappa shape index (κ3) is 6.10. The van der Waals surface area contributed by atoms with E-state index in [0.717, 1.165) is 30.9 Å². The molecule has 31 heavy (non-hydrogen) atoms. The molecule has 2 aliphatic heterocycles. The molecule has 0 saturated carbocycles. The highest BCUT2D eigenvalue weighted by Gasteiger charge is 2.34. The Labute approximate surface area is 186 Å². The third-order valence-electron chi connectivity index (χ3n) is 6.37. The number of para-hydroxylation sites is 2. The van der Waals surface area contributed by atoms with Gasteiger partial charge in [0.25, 0.3) is 0 Å². The van der Waals surface area contributed by atoms with Crippen LogP contribution >= 0.6 is 0 Å². The predicted molar refractivity (Wildman–Crippen MR) is 126 cm³/mol. The van der Waals surface area contributed by atoms with E-state index in [0.29, 0.717) is 24.6 Å². The molecule has 3 unspecified atom stereocenters. The quantitative estimate of drug-likeness (QED) is 0.638. The van der Waals surface area contributed by atoms with E-state index in [9.17, 15) is 0 Å². The highest BCUT2D eigenvalue weighted by atomic mass is 16.5. The monoisotopic (exact) mass is 421 g/mol. The highest BCUT2D eigenvalue weighted by Crippen LogP contribution is 2.28. The van der Waals surface area contributed by atoms with E-state index in [1.54, 1.807) is 7.11 Å². The molecule has 3 atom stereocenters. The van der Waals surface area contributed by atoms with Crippen molar-refractivity contribution in [2.45, 2.75) is 38.3 Å². The van der Waals surface area contributed by atoms with Gasteiger partial charge >= 0.3 is 0 Å². The average Bonchev–Trinajstić information content (AvgIpc) is 3.44. The minimum atomic E-state index is 0.452. The van der Waals surface area contributed by atoms with E-state index in [-0.39, 0.29) is 0 Å². The second kappa shape index (κ2) is 10.8. The minimum Gasteiger partial charge on any atom is -0.493 e. The molecule has 0 aliphatic carbocycles. The SMILES string of the molecule is COc1ccccc1OCCC1CC(C2CCN(C/C(C)=C/c3ccccc3)C2)NN1. The molecule has 2 saturated heterocycles. The van der Waals surface area contributed by atoms with Gasteiger partial charge in [0.1, 0.15) is 0 Å². The summed E-state index contributed by atoms with van der Waals surface area (Å²) < 4.78 is 11.3. The maximum absolute atomic E-state index is 5.95. The lowest BCUT2D eigenvalue weighted by molar-refractivity contribution is 0.273. The topological polar surface area (TPSA) is 45.8 Å². The van der Waals surface area contributed by atoms with Crippen molar-refractivity contribution in [1.82, 2.24) is 15.8 Å². The number of ether oxygens (including phenoxy) is 2. The van der Waals surface area contributed by atoms with Crippen LogP contribution in [0, 0.1) is 5.92 Å². The molecule has 2 N–H and O–H groups in total. The lowest BCUT2D eigenvalue weighted by Gasteiger charge is -2.20. The van der Waals surface area contributed by atoms with E-state index >= 15 is 0 Å². The summed E-state index contributed by atoms with van der Waals surface area (Å²) in [6.45, 7) is 6.34. The van der Waals surface area contributed by atoms with E-state index in [4.69, 9.17) is 9.47 Å². The van der Waals surface area contributed by atoms with E-state index < -0.39 is 0 Å². The summed E-state index contributed by atoms with van der Waals surface area (Å²) in [7, 11) is 1.68. The van der Waals surface area contributed by atoms with Crippen LogP contribution in [-0.4, -0.2) is 50.3 Å². The molecule has 2 aromatic carbocycles. The lowest BCUT2D eigenvalue weighted by Crippen LogP contribution is -2.38. The van der Waals surface area contributed by atoms with Gasteiger partial charge in [-0.25, -0.2) is 0 Å². The van der Waals surface area contributed by atoms with Crippen molar-refractivity contribution in [2.24, 2.45) is 5.92 Å². The van der Waals surface area contributed by atoms with Crippen LogP contribution in [0.3, 0.4) is 0 Å². The fourth-order valence-electron chi connectivity index (χ4n) is 4.77. The largest absolute Gasteiger partial charge is 0.493 e. The number of hydrogen-bond donors (Lipinski definition) is 2. The van der Waals surface area contributed by atoms with Crippen LogP contribution in [0.4, 0.5) is 0 Å². The molecule has 2 fully saturated rings. The zero-order chi connectivity index (χ0) is 21.5. The smallest absolute Gasteiger partial charge is 0.161 e. The van der Waals surface area contributed by atoms with Gasteiger partial charge in [-0.15, -0.1) is 0 Å². The molecule has 2 aromatic rings. The fraction of sp³-hybridized carbons (Fsp3) is 0.462. The Kier molecular flexibility index (Phi) is 7.62. The number of rotatable bonds is 9. The predicted octanol–water partition coefficient (Wildman–Crippen LogP) is 4.12. The molecule has 5 nitrogen and oxygen atoms in total. The molecule has 0 amide bonds. The number of benzene rings is 2. The zero-order valence-electron chi connectivity index (χ0n) is 18.7. The van der Waals surface area contributed by atoms with Crippen LogP contribution < -0.4 is 20.3 Å². The summed E-state index contributed by atoms with van der Waals surface area (Å²) >= 11 is 0. The van der Waals surface area contributed by atoms with Gasteiger partial charge in [-0.1, -0.05) is 54.1 Å². The standard InChI is InChI=1S/C26H35N3O2/c1-20(16-21-8-4-3-5-9-21)18-29-14-12-22(19-29)24-17-23(27-28-24)13-15-31-26-11-7-6-10-25(26)30-2/h3-11,16,22-24,27-28H,12-15,17-19H2,1-2H3/b20-16+. The summed E-state index contributed by atoms with van der Waals surface area (Å²) in [5.41, 5.74) is 9.77. The Balaban J connectivity index is 1.19. The van der Waals surface area contributed by atoms with Gasteiger partial charge in [0.2, 0.25) is 0 Å². The molecule has 4 rings (SSSR count). The first-order valence-corrected chi connectivity index (χ1v) is 11.4. The van der Waals surface area contributed by atoms with Crippen LogP contribution in [0.1, 0.15) is 31.7 Å². The second-order valence-corrected chi connectivity index (χ2v) is 8.80. The molecule has 0 aromatic heterocycles. The molecule has 2 aliphatic rings. The second-order valence-electron chi connectivity index (χ2n) is 8.80. The Bertz CT molecular complexity index is 855. The van der Waals surface area contributed by atoms with E-state index in [2.05, 4.69) is 59.1 Å². The first-order valence-electron chi connectivity index (χ1n) is 11.4. The summed E-state index contributed by atoms with van der Waals surface area (Å²) in [6.07, 6.45) is 5.71. The van der Waals surface area contributed by atoms with Crippen LogP contribution in [0.5, 0.6) is 11.5 Å². The molecule has 166 valence electrons. The first-order chi connectivity index (χ1) is 15.2. The van der Waals surface area contributed by atoms with Crippen LogP contribution in [0.25, 0.3) is 6.08 Å². The number of likely N-dealkylation sites (tertiary alicyclic amines) is 1. The summed E-state index contributed by atoms with van der Waals surface area (Å²) in [4.78, 5) is 2.60. The van der Waals surface area contributed by atoms with E-state index in [1.165, 1.54) is 30.6 Å². The average molecular weight is 422 g/mol. The maximum Gasteiger partial charge on any atom is 0.161 e. The number of methoxy groups -OCH3 is 1. The zero-order valence-corrected chi connectivity index (χ0v) is 18.7. The van der Waals surface area contributed by atoms with Gasteiger partial charge in [-0.2, -0.15) is 0 Å². The Hall–Kier alpha value is -2.34.